The molecule has 1 aromatic rings. The molecule has 0 aliphatic rings. The molecule has 1 rings (SSSR count). The van der Waals surface area contributed by atoms with Gasteiger partial charge in [0, 0.05) is 10.5 Å². The molecule has 1 nitrogen and oxygen atoms in total. The molecule has 78 valence electrons. The first kappa shape index (κ1) is 11.7. The molecule has 0 spiro atoms. The number of aryl methyl sites for hydroxylation is 1. The first-order chi connectivity index (χ1) is 6.50. The van der Waals surface area contributed by atoms with E-state index in [-0.39, 0.29) is 6.04 Å². The molecule has 0 fully saturated rings. The molecule has 0 aliphatic heterocycles. The van der Waals surface area contributed by atoms with Crippen LogP contribution in [0.2, 0.25) is 0 Å². The average molecular weight is 256 g/mol. The van der Waals surface area contributed by atoms with Gasteiger partial charge in [-0.3, -0.25) is 0 Å². The maximum Gasteiger partial charge on any atom is 0.0178 e. The summed E-state index contributed by atoms with van der Waals surface area (Å²) in [5.74, 6) is 0.536. The van der Waals surface area contributed by atoms with Crippen LogP contribution in [0.5, 0.6) is 0 Å². The van der Waals surface area contributed by atoms with Gasteiger partial charge in [0.05, 0.1) is 0 Å². The Kier molecular flexibility index (Phi) is 4.14. The minimum Gasteiger partial charge on any atom is -0.327 e. The summed E-state index contributed by atoms with van der Waals surface area (Å²) in [7, 11) is 0. The fraction of sp³-hybridized carbons (Fsp3) is 0.500. The van der Waals surface area contributed by atoms with Crippen molar-refractivity contribution in [2.24, 2.45) is 11.7 Å². The second kappa shape index (κ2) is 4.94. The van der Waals surface area contributed by atoms with Crippen LogP contribution in [0.15, 0.2) is 22.7 Å². The van der Waals surface area contributed by atoms with Gasteiger partial charge in [0.25, 0.3) is 0 Å². The fourth-order valence-corrected chi connectivity index (χ4v) is 1.76. The number of hydrogen-bond acceptors (Lipinski definition) is 1. The molecular weight excluding hydrogens is 238 g/mol. The minimum atomic E-state index is 0.253. The first-order valence-corrected chi connectivity index (χ1v) is 5.80. The molecule has 1 atom stereocenters. The van der Waals surface area contributed by atoms with Crippen LogP contribution < -0.4 is 5.73 Å². The van der Waals surface area contributed by atoms with E-state index in [4.69, 9.17) is 5.73 Å². The molecule has 0 aliphatic carbocycles. The van der Waals surface area contributed by atoms with Crippen LogP contribution in [0, 0.1) is 12.8 Å². The SMILES string of the molecule is Cc1ccc(Br)cc1CC(N)C(C)C. The van der Waals surface area contributed by atoms with Crippen LogP contribution in [-0.2, 0) is 6.42 Å². The van der Waals surface area contributed by atoms with Gasteiger partial charge in [0.2, 0.25) is 0 Å². The van der Waals surface area contributed by atoms with Crippen LogP contribution in [0.25, 0.3) is 0 Å². The Bertz CT molecular complexity index is 307. The van der Waals surface area contributed by atoms with Crippen LogP contribution in [0.1, 0.15) is 25.0 Å². The number of benzene rings is 1. The molecule has 2 N–H and O–H groups in total. The Balaban J connectivity index is 2.80. The molecule has 0 saturated carbocycles. The van der Waals surface area contributed by atoms with Gasteiger partial charge in [-0.05, 0) is 42.5 Å². The highest BCUT2D eigenvalue weighted by Gasteiger charge is 2.10. The van der Waals surface area contributed by atoms with E-state index in [0.29, 0.717) is 5.92 Å². The van der Waals surface area contributed by atoms with E-state index in [1.165, 1.54) is 11.1 Å². The van der Waals surface area contributed by atoms with E-state index in [2.05, 4.69) is 54.9 Å². The zero-order valence-electron chi connectivity index (χ0n) is 9.05. The predicted octanol–water partition coefficient (Wildman–Crippen LogP) is 3.28. The highest BCUT2D eigenvalue weighted by Crippen LogP contribution is 2.18. The summed E-state index contributed by atoms with van der Waals surface area (Å²) >= 11 is 3.48. The van der Waals surface area contributed by atoms with Crippen molar-refractivity contribution in [3.8, 4) is 0 Å². The van der Waals surface area contributed by atoms with Gasteiger partial charge in [-0.2, -0.15) is 0 Å². The Morgan fingerprint density at radius 2 is 2.00 bits per heavy atom. The third-order valence-electron chi connectivity index (χ3n) is 2.62. The van der Waals surface area contributed by atoms with E-state index < -0.39 is 0 Å². The predicted molar refractivity (Wildman–Crippen MR) is 65.4 cm³/mol. The van der Waals surface area contributed by atoms with Crippen molar-refractivity contribution in [2.45, 2.75) is 33.2 Å². The summed E-state index contributed by atoms with van der Waals surface area (Å²) in [6.45, 7) is 6.46. The fourth-order valence-electron chi connectivity index (χ4n) is 1.35. The standard InChI is InChI=1S/C12H18BrN/c1-8(2)12(14)7-10-6-11(13)5-4-9(10)3/h4-6,8,12H,7,14H2,1-3H3. The van der Waals surface area contributed by atoms with E-state index in [9.17, 15) is 0 Å². The molecule has 0 aromatic heterocycles. The smallest absolute Gasteiger partial charge is 0.0178 e. The van der Waals surface area contributed by atoms with E-state index in [0.717, 1.165) is 10.9 Å². The van der Waals surface area contributed by atoms with Gasteiger partial charge in [0.1, 0.15) is 0 Å². The molecule has 0 amide bonds. The summed E-state index contributed by atoms with van der Waals surface area (Å²) < 4.78 is 1.13. The number of halogens is 1. The summed E-state index contributed by atoms with van der Waals surface area (Å²) in [6, 6.07) is 6.62. The maximum atomic E-state index is 6.05. The minimum absolute atomic E-state index is 0.253. The van der Waals surface area contributed by atoms with Crippen LogP contribution in [0.4, 0.5) is 0 Å². The lowest BCUT2D eigenvalue weighted by Crippen LogP contribution is -2.29. The largest absolute Gasteiger partial charge is 0.327 e. The van der Waals surface area contributed by atoms with Crippen molar-refractivity contribution < 1.29 is 0 Å². The molecule has 0 saturated heterocycles. The lowest BCUT2D eigenvalue weighted by molar-refractivity contribution is 0.490. The van der Waals surface area contributed by atoms with Gasteiger partial charge >= 0.3 is 0 Å². The Labute approximate surface area is 94.8 Å². The Morgan fingerprint density at radius 1 is 1.36 bits per heavy atom. The quantitative estimate of drug-likeness (QED) is 0.882. The number of nitrogens with two attached hydrogens (primary N) is 1. The normalized spacial score (nSPS) is 13.3. The molecular formula is C12H18BrN. The number of hydrogen-bond donors (Lipinski definition) is 1. The van der Waals surface area contributed by atoms with Gasteiger partial charge in [-0.25, -0.2) is 0 Å². The zero-order valence-corrected chi connectivity index (χ0v) is 10.6. The topological polar surface area (TPSA) is 26.0 Å². The second-order valence-electron chi connectivity index (χ2n) is 4.18. The third-order valence-corrected chi connectivity index (χ3v) is 3.12. The van der Waals surface area contributed by atoms with Gasteiger partial charge in [-0.1, -0.05) is 35.8 Å². The molecule has 1 unspecified atom stereocenters. The van der Waals surface area contributed by atoms with Crippen LogP contribution >= 0.6 is 15.9 Å². The Morgan fingerprint density at radius 3 is 2.57 bits per heavy atom. The second-order valence-corrected chi connectivity index (χ2v) is 5.10. The average Bonchev–Trinajstić information content (AvgIpc) is 2.11. The lowest BCUT2D eigenvalue weighted by Gasteiger charge is -2.17. The summed E-state index contributed by atoms with van der Waals surface area (Å²) in [5, 5.41) is 0. The number of rotatable bonds is 3. The maximum absolute atomic E-state index is 6.05. The summed E-state index contributed by atoms with van der Waals surface area (Å²) in [4.78, 5) is 0. The van der Waals surface area contributed by atoms with Crippen molar-refractivity contribution in [3.63, 3.8) is 0 Å². The van der Waals surface area contributed by atoms with E-state index in [1.54, 1.807) is 0 Å². The third kappa shape index (κ3) is 3.10. The van der Waals surface area contributed by atoms with Gasteiger partial charge in [-0.15, -0.1) is 0 Å². The highest BCUT2D eigenvalue weighted by atomic mass is 79.9. The van der Waals surface area contributed by atoms with Crippen molar-refractivity contribution in [1.29, 1.82) is 0 Å². The van der Waals surface area contributed by atoms with Crippen molar-refractivity contribution >= 4 is 15.9 Å². The molecule has 2 heteroatoms. The summed E-state index contributed by atoms with van der Waals surface area (Å²) in [6.07, 6.45) is 0.961. The lowest BCUT2D eigenvalue weighted by atomic mass is 9.95. The van der Waals surface area contributed by atoms with E-state index >= 15 is 0 Å². The van der Waals surface area contributed by atoms with Crippen LogP contribution in [-0.4, -0.2) is 6.04 Å². The molecule has 0 radical (unpaired) electrons. The summed E-state index contributed by atoms with van der Waals surface area (Å²) in [5.41, 5.74) is 8.72. The van der Waals surface area contributed by atoms with Crippen molar-refractivity contribution in [2.75, 3.05) is 0 Å². The zero-order chi connectivity index (χ0) is 10.7. The van der Waals surface area contributed by atoms with Crippen molar-refractivity contribution in [3.05, 3.63) is 33.8 Å². The highest BCUT2D eigenvalue weighted by molar-refractivity contribution is 9.10. The first-order valence-electron chi connectivity index (χ1n) is 5.01. The van der Waals surface area contributed by atoms with Crippen LogP contribution in [0.3, 0.4) is 0 Å². The monoisotopic (exact) mass is 255 g/mol. The van der Waals surface area contributed by atoms with E-state index in [1.807, 2.05) is 0 Å². The molecule has 0 heterocycles. The van der Waals surface area contributed by atoms with Gasteiger partial charge < -0.3 is 5.73 Å². The van der Waals surface area contributed by atoms with Crippen molar-refractivity contribution in [1.82, 2.24) is 0 Å². The van der Waals surface area contributed by atoms with Gasteiger partial charge in [0.15, 0.2) is 0 Å². The molecule has 1 aromatic carbocycles. The molecule has 14 heavy (non-hydrogen) atoms. The Hall–Kier alpha value is -0.340. The molecule has 0 bridgehead atoms.